The molecule has 184 valence electrons. The maximum atomic E-state index is 12.8. The molecule has 2 heterocycles. The predicted molar refractivity (Wildman–Crippen MR) is 120 cm³/mol. The van der Waals surface area contributed by atoms with Crippen molar-refractivity contribution in [2.45, 2.75) is 19.0 Å². The number of nitrogens with zero attached hydrogens (tertiary/aromatic N) is 3. The van der Waals surface area contributed by atoms with Crippen LogP contribution in [0.25, 0.3) is 0 Å². The number of carboxylic acid groups (broad SMARTS) is 1. The molecule has 0 bridgehead atoms. The van der Waals surface area contributed by atoms with E-state index in [2.05, 4.69) is 10.3 Å². The zero-order valence-electron chi connectivity index (χ0n) is 18.7. The summed E-state index contributed by atoms with van der Waals surface area (Å²) in [5.41, 5.74) is -0.285. The van der Waals surface area contributed by atoms with Gasteiger partial charge in [0.05, 0.1) is 18.6 Å². The summed E-state index contributed by atoms with van der Waals surface area (Å²) in [5.74, 6) is -1.36. The number of carboxylic acids is 1. The van der Waals surface area contributed by atoms with Gasteiger partial charge in [-0.15, -0.1) is 0 Å². The van der Waals surface area contributed by atoms with E-state index >= 15 is 0 Å². The lowest BCUT2D eigenvalue weighted by atomic mass is 10.0. The number of carbonyl (C=O) groups excluding carboxylic acids is 1. The molecule has 0 aliphatic carbocycles. The van der Waals surface area contributed by atoms with Crippen LogP contribution in [0.2, 0.25) is 0 Å². The third-order valence-corrected chi connectivity index (χ3v) is 5.60. The van der Waals surface area contributed by atoms with Crippen molar-refractivity contribution in [2.75, 3.05) is 50.1 Å². The summed E-state index contributed by atoms with van der Waals surface area (Å²) in [7, 11) is 1.51. The smallest absolute Gasteiger partial charge is 0.417 e. The minimum atomic E-state index is -4.44. The SMILES string of the molecule is COc1cccc(NC(=O)CC(CN2CCCN(c3ccc(C(F)(F)F)cn3)CC2)C(=O)O)c1. The molecule has 1 aliphatic rings. The quantitative estimate of drug-likeness (QED) is 0.598. The molecule has 0 saturated carbocycles. The first-order valence-corrected chi connectivity index (χ1v) is 10.8. The molecular formula is C23H27F3N4O4. The number of aromatic nitrogens is 1. The minimum Gasteiger partial charge on any atom is -0.497 e. The van der Waals surface area contributed by atoms with Crippen LogP contribution in [-0.4, -0.2) is 66.7 Å². The Bertz CT molecular complexity index is 985. The second-order valence-corrected chi connectivity index (χ2v) is 8.06. The lowest BCUT2D eigenvalue weighted by Gasteiger charge is -2.25. The molecule has 1 unspecified atom stereocenters. The third-order valence-electron chi connectivity index (χ3n) is 5.60. The minimum absolute atomic E-state index is 0.187. The standard InChI is InChI=1S/C23H27F3N4O4/c1-34-19-5-2-4-18(13-19)28-21(31)12-16(22(32)33)15-29-8-3-9-30(11-10-29)20-7-6-17(14-27-20)23(24,25)26/h2,4-7,13-14,16H,3,8-12,15H2,1H3,(H,28,31)(H,32,33). The molecular weight excluding hydrogens is 453 g/mol. The number of ether oxygens (including phenoxy) is 1. The van der Waals surface area contributed by atoms with Crippen molar-refractivity contribution in [3.05, 3.63) is 48.2 Å². The summed E-state index contributed by atoms with van der Waals surface area (Å²) >= 11 is 0. The molecule has 8 nitrogen and oxygen atoms in total. The third kappa shape index (κ3) is 7.08. The van der Waals surface area contributed by atoms with Gasteiger partial charge in [-0.2, -0.15) is 13.2 Å². The number of aliphatic carboxylic acids is 1. The van der Waals surface area contributed by atoms with E-state index < -0.39 is 29.5 Å². The van der Waals surface area contributed by atoms with Crippen LogP contribution in [-0.2, 0) is 15.8 Å². The molecule has 1 amide bonds. The van der Waals surface area contributed by atoms with Crippen molar-refractivity contribution in [1.29, 1.82) is 0 Å². The number of nitrogens with one attached hydrogen (secondary N) is 1. The van der Waals surface area contributed by atoms with Gasteiger partial charge in [-0.05, 0) is 37.2 Å². The Morgan fingerprint density at radius 3 is 2.62 bits per heavy atom. The molecule has 34 heavy (non-hydrogen) atoms. The average Bonchev–Trinajstić information content (AvgIpc) is 3.04. The van der Waals surface area contributed by atoms with Crippen LogP contribution in [0, 0.1) is 5.92 Å². The van der Waals surface area contributed by atoms with Gasteiger partial charge in [0.15, 0.2) is 0 Å². The number of carbonyl (C=O) groups is 2. The van der Waals surface area contributed by atoms with E-state index in [0.717, 1.165) is 12.3 Å². The number of hydrogen-bond donors (Lipinski definition) is 2. The topological polar surface area (TPSA) is 95.0 Å². The lowest BCUT2D eigenvalue weighted by Crippen LogP contribution is -2.37. The Hall–Kier alpha value is -3.34. The number of anilines is 2. The van der Waals surface area contributed by atoms with Crippen molar-refractivity contribution in [2.24, 2.45) is 5.92 Å². The maximum absolute atomic E-state index is 12.8. The van der Waals surface area contributed by atoms with Crippen molar-refractivity contribution in [3.63, 3.8) is 0 Å². The zero-order valence-corrected chi connectivity index (χ0v) is 18.7. The molecule has 1 aliphatic heterocycles. The maximum Gasteiger partial charge on any atom is 0.417 e. The first-order chi connectivity index (χ1) is 16.2. The van der Waals surface area contributed by atoms with E-state index in [1.54, 1.807) is 24.3 Å². The highest BCUT2D eigenvalue weighted by Crippen LogP contribution is 2.29. The number of benzene rings is 1. The average molecular weight is 480 g/mol. The highest BCUT2D eigenvalue weighted by atomic mass is 19.4. The number of amides is 1. The molecule has 1 fully saturated rings. The monoisotopic (exact) mass is 480 g/mol. The van der Waals surface area contributed by atoms with Crippen molar-refractivity contribution < 1.29 is 32.6 Å². The van der Waals surface area contributed by atoms with E-state index in [-0.39, 0.29) is 13.0 Å². The summed E-state index contributed by atoms with van der Waals surface area (Å²) in [5, 5.41) is 12.4. The van der Waals surface area contributed by atoms with Crippen molar-refractivity contribution in [1.82, 2.24) is 9.88 Å². The van der Waals surface area contributed by atoms with Gasteiger partial charge in [-0.3, -0.25) is 9.59 Å². The van der Waals surface area contributed by atoms with E-state index in [4.69, 9.17) is 4.74 Å². The van der Waals surface area contributed by atoms with E-state index in [0.29, 0.717) is 49.9 Å². The highest BCUT2D eigenvalue weighted by Gasteiger charge is 2.31. The van der Waals surface area contributed by atoms with Gasteiger partial charge in [-0.25, -0.2) is 4.98 Å². The molecule has 0 spiro atoms. The van der Waals surface area contributed by atoms with Gasteiger partial charge in [0, 0.05) is 50.6 Å². The summed E-state index contributed by atoms with van der Waals surface area (Å²) in [6.45, 7) is 2.38. The predicted octanol–water partition coefficient (Wildman–Crippen LogP) is 3.35. The first-order valence-electron chi connectivity index (χ1n) is 10.8. The molecule has 2 aromatic rings. The number of pyridine rings is 1. The zero-order chi connectivity index (χ0) is 24.7. The molecule has 0 radical (unpaired) electrons. The molecule has 3 rings (SSSR count). The number of methoxy groups -OCH3 is 1. The highest BCUT2D eigenvalue weighted by molar-refractivity contribution is 5.93. The molecule has 1 saturated heterocycles. The summed E-state index contributed by atoms with van der Waals surface area (Å²) in [6.07, 6.45) is -3.12. The van der Waals surface area contributed by atoms with Gasteiger partial charge < -0.3 is 25.0 Å². The second kappa shape index (κ2) is 11.2. The van der Waals surface area contributed by atoms with Crippen LogP contribution in [0.15, 0.2) is 42.6 Å². The van der Waals surface area contributed by atoms with Crippen LogP contribution < -0.4 is 15.0 Å². The molecule has 1 atom stereocenters. The number of hydrogen-bond acceptors (Lipinski definition) is 6. The van der Waals surface area contributed by atoms with Gasteiger partial charge in [0.25, 0.3) is 0 Å². The normalized spacial score (nSPS) is 15.9. The van der Waals surface area contributed by atoms with E-state index in [1.165, 1.54) is 13.2 Å². The van der Waals surface area contributed by atoms with E-state index in [9.17, 15) is 27.9 Å². The van der Waals surface area contributed by atoms with Crippen molar-refractivity contribution >= 4 is 23.4 Å². The number of rotatable bonds is 8. The Balaban J connectivity index is 1.55. The molecule has 1 aromatic carbocycles. The first kappa shape index (κ1) is 25.3. The van der Waals surface area contributed by atoms with Crippen LogP contribution in [0.5, 0.6) is 5.75 Å². The molecule has 11 heteroatoms. The van der Waals surface area contributed by atoms with Crippen LogP contribution in [0.4, 0.5) is 24.7 Å². The lowest BCUT2D eigenvalue weighted by molar-refractivity contribution is -0.144. The summed E-state index contributed by atoms with van der Waals surface area (Å²) in [4.78, 5) is 32.0. The van der Waals surface area contributed by atoms with Crippen LogP contribution in [0.3, 0.4) is 0 Å². The Morgan fingerprint density at radius 1 is 1.18 bits per heavy atom. The van der Waals surface area contributed by atoms with Gasteiger partial charge in [0.2, 0.25) is 5.91 Å². The summed E-state index contributed by atoms with van der Waals surface area (Å²) in [6, 6.07) is 9.14. The van der Waals surface area contributed by atoms with Crippen LogP contribution in [0.1, 0.15) is 18.4 Å². The van der Waals surface area contributed by atoms with Crippen LogP contribution >= 0.6 is 0 Å². The second-order valence-electron chi connectivity index (χ2n) is 8.06. The van der Waals surface area contributed by atoms with Gasteiger partial charge in [-0.1, -0.05) is 6.07 Å². The fourth-order valence-electron chi connectivity index (χ4n) is 3.80. The Morgan fingerprint density at radius 2 is 1.97 bits per heavy atom. The number of alkyl halides is 3. The Labute approximate surface area is 195 Å². The van der Waals surface area contributed by atoms with Gasteiger partial charge >= 0.3 is 12.1 Å². The summed E-state index contributed by atoms with van der Waals surface area (Å²) < 4.78 is 43.4. The fraction of sp³-hybridized carbons (Fsp3) is 0.435. The van der Waals surface area contributed by atoms with E-state index in [1.807, 2.05) is 9.80 Å². The molecule has 2 N–H and O–H groups in total. The van der Waals surface area contributed by atoms with Crippen molar-refractivity contribution in [3.8, 4) is 5.75 Å². The fourth-order valence-corrected chi connectivity index (χ4v) is 3.80. The number of halogens is 3. The molecule has 1 aromatic heterocycles. The van der Waals surface area contributed by atoms with Gasteiger partial charge in [0.1, 0.15) is 11.6 Å². The Kier molecular flexibility index (Phi) is 8.32. The largest absolute Gasteiger partial charge is 0.497 e.